The fourth-order valence-electron chi connectivity index (χ4n) is 1.87. The number of rotatable bonds is 13. The predicted octanol–water partition coefficient (Wildman–Crippen LogP) is -3.64. The van der Waals surface area contributed by atoms with E-state index in [0.29, 0.717) is 12.8 Å². The molecule has 0 aliphatic heterocycles. The van der Waals surface area contributed by atoms with E-state index in [1.165, 1.54) is 0 Å². The molecule has 0 bridgehead atoms. The highest BCUT2D eigenvalue weighted by atomic mass is 16.4. The molecular weight excluding hydrogens is 340 g/mol. The van der Waals surface area contributed by atoms with Crippen molar-refractivity contribution in [3.05, 3.63) is 9.81 Å². The highest BCUT2D eigenvalue weighted by Gasteiger charge is 2.54. The van der Waals surface area contributed by atoms with Crippen LogP contribution in [0, 0.1) is 9.81 Å². The maximum atomic E-state index is 11.9. The van der Waals surface area contributed by atoms with E-state index in [-0.39, 0.29) is 13.0 Å². The predicted molar refractivity (Wildman–Crippen MR) is 85.4 cm³/mol. The number of hydrogen-bond donors (Lipinski definition) is 7. The molecule has 10 N–H and O–H groups in total. The molecule has 0 fully saturated rings. The highest BCUT2D eigenvalue weighted by Crippen LogP contribution is 2.19. The van der Waals surface area contributed by atoms with Gasteiger partial charge in [-0.15, -0.1) is 4.91 Å². The lowest BCUT2D eigenvalue weighted by Gasteiger charge is -2.38. The van der Waals surface area contributed by atoms with Gasteiger partial charge >= 0.3 is 5.91 Å². The van der Waals surface area contributed by atoms with Crippen molar-refractivity contribution < 1.29 is 24.9 Å². The second-order valence-electron chi connectivity index (χ2n) is 5.53. The standard InChI is InChI=1S/C12H24N6O7/c13-7(10(21)18-25)3-1-2-4-16-5-9(20)12(15,23)11(14,22)8(6-19)17-24/h7-8,16,19,22-23H,1-6,13-15H2. The fourth-order valence-corrected chi connectivity index (χ4v) is 1.87. The molecule has 0 aromatic carbocycles. The third-order valence-electron chi connectivity index (χ3n) is 3.66. The van der Waals surface area contributed by atoms with Crippen LogP contribution in [-0.2, 0) is 9.59 Å². The van der Waals surface area contributed by atoms with Gasteiger partial charge in [0.1, 0.15) is 0 Å². The molecule has 0 heterocycles. The Hall–Kier alpha value is -1.74. The molecule has 144 valence electrons. The first-order valence-corrected chi connectivity index (χ1v) is 7.38. The van der Waals surface area contributed by atoms with Gasteiger partial charge in [-0.25, -0.2) is 0 Å². The number of nitroso groups, excluding NO2 is 2. The molecular formula is C12H24N6O7. The van der Waals surface area contributed by atoms with Crippen molar-refractivity contribution >= 4 is 11.7 Å². The molecule has 0 aliphatic rings. The summed E-state index contributed by atoms with van der Waals surface area (Å²) >= 11 is 0. The third-order valence-corrected chi connectivity index (χ3v) is 3.66. The molecule has 0 spiro atoms. The van der Waals surface area contributed by atoms with E-state index in [9.17, 15) is 29.6 Å². The lowest BCUT2D eigenvalue weighted by molar-refractivity contribution is -0.178. The summed E-state index contributed by atoms with van der Waals surface area (Å²) in [5.74, 6) is -2.07. The molecule has 0 saturated carbocycles. The smallest absolute Gasteiger partial charge is 0.302 e. The van der Waals surface area contributed by atoms with Gasteiger partial charge in [0.05, 0.1) is 19.2 Å². The van der Waals surface area contributed by atoms with Crippen LogP contribution in [0.4, 0.5) is 0 Å². The quantitative estimate of drug-likeness (QED) is 0.0953. The Morgan fingerprint density at radius 2 is 1.76 bits per heavy atom. The summed E-state index contributed by atoms with van der Waals surface area (Å²) in [6.07, 6.45) is 1.16. The van der Waals surface area contributed by atoms with E-state index in [4.69, 9.17) is 22.3 Å². The van der Waals surface area contributed by atoms with Crippen molar-refractivity contribution in [2.45, 2.75) is 42.8 Å². The van der Waals surface area contributed by atoms with Gasteiger partial charge in [0.25, 0.3) is 0 Å². The minimum Gasteiger partial charge on any atom is -0.394 e. The van der Waals surface area contributed by atoms with Crippen LogP contribution in [0.1, 0.15) is 19.3 Å². The van der Waals surface area contributed by atoms with E-state index in [1.807, 2.05) is 0 Å². The third kappa shape index (κ3) is 6.24. The zero-order valence-electron chi connectivity index (χ0n) is 13.5. The Bertz CT molecular complexity index is 485. The molecule has 13 heteroatoms. The van der Waals surface area contributed by atoms with Gasteiger partial charge in [0.15, 0.2) is 17.6 Å². The van der Waals surface area contributed by atoms with Crippen molar-refractivity contribution in [1.82, 2.24) is 5.32 Å². The van der Waals surface area contributed by atoms with E-state index in [0.717, 1.165) is 0 Å². The van der Waals surface area contributed by atoms with Crippen molar-refractivity contribution in [1.29, 1.82) is 0 Å². The number of nitrogens with two attached hydrogens (primary N) is 3. The minimum atomic E-state index is -3.02. The van der Waals surface area contributed by atoms with Crippen molar-refractivity contribution in [3.8, 4) is 0 Å². The molecule has 25 heavy (non-hydrogen) atoms. The number of nitrogens with zero attached hydrogens (tertiary/aromatic N) is 2. The Balaban J connectivity index is 4.35. The first-order valence-electron chi connectivity index (χ1n) is 7.38. The number of aliphatic hydroxyl groups is 3. The number of carbonyl (C=O) groups is 2. The average Bonchev–Trinajstić information content (AvgIpc) is 2.57. The van der Waals surface area contributed by atoms with Crippen LogP contribution < -0.4 is 22.5 Å². The lowest BCUT2D eigenvalue weighted by Crippen LogP contribution is -2.76. The van der Waals surface area contributed by atoms with Crippen LogP contribution in [0.2, 0.25) is 0 Å². The summed E-state index contributed by atoms with van der Waals surface area (Å²) < 4.78 is 0. The summed E-state index contributed by atoms with van der Waals surface area (Å²) in [7, 11) is 0. The summed E-state index contributed by atoms with van der Waals surface area (Å²) in [4.78, 5) is 43.2. The largest absolute Gasteiger partial charge is 0.394 e. The van der Waals surface area contributed by atoms with Gasteiger partial charge in [0.2, 0.25) is 5.72 Å². The SMILES string of the molecule is NC(CCCCNCC(=O)C(N)(O)C(N)(O)C(CO)N=O)C(=O)N=O. The number of unbranched alkanes of at least 4 members (excludes halogenated alkanes) is 1. The second-order valence-corrected chi connectivity index (χ2v) is 5.53. The van der Waals surface area contributed by atoms with Crippen molar-refractivity contribution in [3.63, 3.8) is 0 Å². The van der Waals surface area contributed by atoms with E-state index >= 15 is 0 Å². The summed E-state index contributed by atoms with van der Waals surface area (Å²) in [6.45, 7) is -1.26. The summed E-state index contributed by atoms with van der Waals surface area (Å²) in [6, 6.07) is -2.89. The first kappa shape index (κ1) is 23.3. The zero-order chi connectivity index (χ0) is 19.7. The molecule has 0 radical (unpaired) electrons. The van der Waals surface area contributed by atoms with Gasteiger partial charge in [-0.3, -0.25) is 21.1 Å². The number of aliphatic hydroxyl groups excluding tert-OH is 1. The fraction of sp³-hybridized carbons (Fsp3) is 0.833. The molecule has 1 amide bonds. The molecule has 0 rings (SSSR count). The van der Waals surface area contributed by atoms with Gasteiger partial charge in [-0.2, -0.15) is 4.91 Å². The molecule has 13 nitrogen and oxygen atoms in total. The van der Waals surface area contributed by atoms with Crippen LogP contribution in [0.5, 0.6) is 0 Å². The molecule has 0 aliphatic carbocycles. The van der Waals surface area contributed by atoms with Gasteiger partial charge in [0, 0.05) is 5.18 Å². The van der Waals surface area contributed by atoms with Crippen LogP contribution in [0.15, 0.2) is 10.4 Å². The molecule has 4 atom stereocenters. The minimum absolute atomic E-state index is 0.229. The Morgan fingerprint density at radius 1 is 1.16 bits per heavy atom. The van der Waals surface area contributed by atoms with Crippen LogP contribution in [0.3, 0.4) is 0 Å². The lowest BCUT2D eigenvalue weighted by atomic mass is 9.90. The number of nitrogens with one attached hydrogen (secondary N) is 1. The first-order chi connectivity index (χ1) is 11.6. The van der Waals surface area contributed by atoms with E-state index < -0.39 is 48.4 Å². The zero-order valence-corrected chi connectivity index (χ0v) is 13.5. The number of ketones is 1. The van der Waals surface area contributed by atoms with E-state index in [1.54, 1.807) is 0 Å². The highest BCUT2D eigenvalue weighted by molar-refractivity contribution is 5.89. The molecule has 4 unspecified atom stereocenters. The molecule has 0 saturated heterocycles. The van der Waals surface area contributed by atoms with Gasteiger partial charge < -0.3 is 26.4 Å². The van der Waals surface area contributed by atoms with Crippen molar-refractivity contribution in [2.75, 3.05) is 19.7 Å². The van der Waals surface area contributed by atoms with Crippen LogP contribution in [0.25, 0.3) is 0 Å². The summed E-state index contributed by atoms with van der Waals surface area (Å²) in [5.41, 5.74) is 9.99. The number of carbonyl (C=O) groups excluding carboxylic acids is 2. The van der Waals surface area contributed by atoms with Crippen LogP contribution in [-0.4, -0.2) is 70.2 Å². The Kier molecular flexibility index (Phi) is 9.58. The number of hydrogen-bond acceptors (Lipinski definition) is 12. The normalized spacial score (nSPS) is 18.5. The molecule has 0 aromatic heterocycles. The van der Waals surface area contributed by atoms with Gasteiger partial charge in [-0.1, -0.05) is 11.6 Å². The van der Waals surface area contributed by atoms with Gasteiger partial charge in [-0.05, 0) is 19.4 Å². The van der Waals surface area contributed by atoms with Crippen LogP contribution >= 0.6 is 0 Å². The van der Waals surface area contributed by atoms with E-state index in [2.05, 4.69) is 15.7 Å². The monoisotopic (exact) mass is 364 g/mol. The average molecular weight is 364 g/mol. The number of amides is 1. The maximum Gasteiger partial charge on any atom is 0.302 e. The maximum absolute atomic E-state index is 11.9. The second kappa shape index (κ2) is 10.3. The molecule has 0 aromatic rings. The Labute approximate surface area is 142 Å². The topological polar surface area (TPSA) is 244 Å². The summed E-state index contributed by atoms with van der Waals surface area (Å²) in [5, 5.41) is 35.8. The van der Waals surface area contributed by atoms with Crippen molar-refractivity contribution in [2.24, 2.45) is 27.6 Å². The number of Topliss-reactive ketones (excluding diaryl/α,β-unsaturated/α-hetero) is 1. The Morgan fingerprint density at radius 3 is 2.24 bits per heavy atom.